The lowest BCUT2D eigenvalue weighted by Crippen LogP contribution is -2.40. The van der Waals surface area contributed by atoms with Gasteiger partial charge >= 0.3 is 0 Å². The number of likely N-dealkylation sites (N-methyl/N-ethyl adjacent to an activating group) is 1. The van der Waals surface area contributed by atoms with Gasteiger partial charge in [0.05, 0.1) is 24.3 Å². The SMILES string of the molecule is CNC1C2[C@@H]3CCN2C[C@H]1O3. The van der Waals surface area contributed by atoms with Crippen molar-refractivity contribution in [1.29, 1.82) is 0 Å². The predicted molar refractivity (Wildman–Crippen MR) is 41.5 cm³/mol. The van der Waals surface area contributed by atoms with Gasteiger partial charge in [-0.3, -0.25) is 4.90 Å². The molecule has 1 N–H and O–H groups in total. The molecule has 11 heavy (non-hydrogen) atoms. The highest BCUT2D eigenvalue weighted by atomic mass is 16.5. The lowest BCUT2D eigenvalue weighted by Gasteiger charge is -2.21. The quantitative estimate of drug-likeness (QED) is 0.547. The van der Waals surface area contributed by atoms with Gasteiger partial charge < -0.3 is 10.1 Å². The lowest BCUT2D eigenvalue weighted by atomic mass is 10.1. The number of hydrogen-bond donors (Lipinski definition) is 1. The Bertz CT molecular complexity index is 171. The summed E-state index contributed by atoms with van der Waals surface area (Å²) in [5.74, 6) is 0. The number of rotatable bonds is 1. The minimum absolute atomic E-state index is 0.484. The molecule has 3 fully saturated rings. The third-order valence-electron chi connectivity index (χ3n) is 3.37. The van der Waals surface area contributed by atoms with Crippen molar-refractivity contribution in [3.05, 3.63) is 0 Å². The zero-order valence-electron chi connectivity index (χ0n) is 6.79. The first kappa shape index (κ1) is 6.40. The molecule has 0 spiro atoms. The molecule has 0 aromatic rings. The number of nitrogens with zero attached hydrogens (tertiary/aromatic N) is 1. The van der Waals surface area contributed by atoms with Gasteiger partial charge in [0.15, 0.2) is 0 Å². The van der Waals surface area contributed by atoms with Crippen LogP contribution >= 0.6 is 0 Å². The van der Waals surface area contributed by atoms with Crippen molar-refractivity contribution >= 4 is 0 Å². The molecule has 3 nitrogen and oxygen atoms in total. The van der Waals surface area contributed by atoms with Crippen LogP contribution in [0.2, 0.25) is 0 Å². The summed E-state index contributed by atoms with van der Waals surface area (Å²) >= 11 is 0. The highest BCUT2D eigenvalue weighted by Gasteiger charge is 2.56. The molecule has 2 unspecified atom stereocenters. The predicted octanol–water partition coefficient (Wildman–Crippen LogP) is -0.570. The maximum absolute atomic E-state index is 5.85. The van der Waals surface area contributed by atoms with Crippen LogP contribution in [0.15, 0.2) is 0 Å². The fraction of sp³-hybridized carbons (Fsp3) is 1.00. The number of morpholine rings is 1. The molecule has 2 bridgehead atoms. The van der Waals surface area contributed by atoms with Crippen molar-refractivity contribution in [3.63, 3.8) is 0 Å². The van der Waals surface area contributed by atoms with Crippen molar-refractivity contribution in [2.75, 3.05) is 20.1 Å². The molecule has 3 aliphatic rings. The number of fused-ring (bicyclic) bond motifs is 1. The van der Waals surface area contributed by atoms with Crippen LogP contribution in [-0.2, 0) is 4.74 Å². The van der Waals surface area contributed by atoms with Crippen LogP contribution in [0.25, 0.3) is 0 Å². The van der Waals surface area contributed by atoms with E-state index in [-0.39, 0.29) is 0 Å². The second kappa shape index (κ2) is 1.97. The van der Waals surface area contributed by atoms with E-state index >= 15 is 0 Å². The highest BCUT2D eigenvalue weighted by molar-refractivity contribution is 5.11. The Morgan fingerprint density at radius 3 is 3.00 bits per heavy atom. The van der Waals surface area contributed by atoms with E-state index in [0.717, 1.165) is 6.54 Å². The molecule has 0 aliphatic carbocycles. The Kier molecular flexibility index (Phi) is 1.15. The largest absolute Gasteiger partial charge is 0.370 e. The first-order valence-corrected chi connectivity index (χ1v) is 4.47. The molecule has 4 atom stereocenters. The van der Waals surface area contributed by atoms with Gasteiger partial charge in [0.25, 0.3) is 0 Å². The summed E-state index contributed by atoms with van der Waals surface area (Å²) in [5, 5.41) is 3.36. The van der Waals surface area contributed by atoms with Gasteiger partial charge in [0.2, 0.25) is 0 Å². The van der Waals surface area contributed by atoms with E-state index in [1.54, 1.807) is 0 Å². The Hall–Kier alpha value is -0.120. The summed E-state index contributed by atoms with van der Waals surface area (Å²) in [6.45, 7) is 2.41. The van der Waals surface area contributed by atoms with Crippen molar-refractivity contribution in [1.82, 2.24) is 10.2 Å². The molecular formula is C8H14N2O. The average molecular weight is 154 g/mol. The van der Waals surface area contributed by atoms with Crippen molar-refractivity contribution < 1.29 is 4.74 Å². The maximum atomic E-state index is 5.85. The van der Waals surface area contributed by atoms with Crippen LogP contribution in [-0.4, -0.2) is 49.3 Å². The summed E-state index contributed by atoms with van der Waals surface area (Å²) in [7, 11) is 2.05. The lowest BCUT2D eigenvalue weighted by molar-refractivity contribution is 0.00833. The zero-order chi connectivity index (χ0) is 7.42. The van der Waals surface area contributed by atoms with E-state index in [4.69, 9.17) is 4.74 Å². The monoisotopic (exact) mass is 154 g/mol. The summed E-state index contributed by atoms with van der Waals surface area (Å²) in [4.78, 5) is 2.57. The van der Waals surface area contributed by atoms with Gasteiger partial charge in [-0.05, 0) is 13.5 Å². The van der Waals surface area contributed by atoms with Gasteiger partial charge in [-0.25, -0.2) is 0 Å². The summed E-state index contributed by atoms with van der Waals surface area (Å²) < 4.78 is 5.85. The zero-order valence-corrected chi connectivity index (χ0v) is 6.79. The van der Waals surface area contributed by atoms with Crippen LogP contribution < -0.4 is 5.32 Å². The van der Waals surface area contributed by atoms with E-state index in [2.05, 4.69) is 10.2 Å². The average Bonchev–Trinajstić information content (AvgIpc) is 2.55. The van der Waals surface area contributed by atoms with Gasteiger partial charge in [-0.15, -0.1) is 0 Å². The Balaban J connectivity index is 1.93. The maximum Gasteiger partial charge on any atom is 0.0875 e. The van der Waals surface area contributed by atoms with E-state index < -0.39 is 0 Å². The second-order valence-electron chi connectivity index (χ2n) is 3.80. The molecule has 3 saturated heterocycles. The molecule has 0 aromatic carbocycles. The number of hydrogen-bond acceptors (Lipinski definition) is 3. The van der Waals surface area contributed by atoms with E-state index in [1.165, 1.54) is 13.0 Å². The first-order valence-electron chi connectivity index (χ1n) is 4.47. The topological polar surface area (TPSA) is 24.5 Å². The second-order valence-corrected chi connectivity index (χ2v) is 3.80. The van der Waals surface area contributed by atoms with E-state index in [9.17, 15) is 0 Å². The fourth-order valence-electron chi connectivity index (χ4n) is 2.94. The molecule has 0 aromatic heterocycles. The van der Waals surface area contributed by atoms with Gasteiger partial charge in [-0.2, -0.15) is 0 Å². The van der Waals surface area contributed by atoms with Gasteiger partial charge in [0, 0.05) is 13.1 Å². The summed E-state index contributed by atoms with van der Waals surface area (Å²) in [6, 6.07) is 1.31. The van der Waals surface area contributed by atoms with Crippen LogP contribution in [0.4, 0.5) is 0 Å². The highest BCUT2D eigenvalue weighted by Crippen LogP contribution is 2.39. The van der Waals surface area contributed by atoms with Crippen LogP contribution in [0, 0.1) is 0 Å². The summed E-state index contributed by atoms with van der Waals surface area (Å²) in [6.07, 6.45) is 2.28. The van der Waals surface area contributed by atoms with Gasteiger partial charge in [-0.1, -0.05) is 0 Å². The molecule has 0 radical (unpaired) electrons. The Morgan fingerprint density at radius 2 is 2.36 bits per heavy atom. The summed E-state index contributed by atoms with van der Waals surface area (Å²) in [5.41, 5.74) is 0. The minimum Gasteiger partial charge on any atom is -0.370 e. The molecule has 62 valence electrons. The van der Waals surface area contributed by atoms with Crippen LogP contribution in [0.3, 0.4) is 0 Å². The number of ether oxygens (including phenoxy) is 1. The molecule has 0 saturated carbocycles. The normalized spacial score (nSPS) is 54.3. The van der Waals surface area contributed by atoms with E-state index in [1.807, 2.05) is 7.05 Å². The van der Waals surface area contributed by atoms with Crippen LogP contribution in [0.5, 0.6) is 0 Å². The van der Waals surface area contributed by atoms with E-state index in [0.29, 0.717) is 24.3 Å². The minimum atomic E-state index is 0.484. The van der Waals surface area contributed by atoms with Crippen LogP contribution in [0.1, 0.15) is 6.42 Å². The van der Waals surface area contributed by atoms with Crippen molar-refractivity contribution in [3.8, 4) is 0 Å². The standard InChI is InChI=1S/C8H14N2O/c1-9-7-6-4-10-3-2-5(11-6)8(7)10/h5-9H,2-4H2,1H3/t5-,6+,7?,8?/m0/s1. The molecular weight excluding hydrogens is 140 g/mol. The third-order valence-corrected chi connectivity index (χ3v) is 3.37. The van der Waals surface area contributed by atoms with Gasteiger partial charge in [0.1, 0.15) is 0 Å². The molecule has 3 heteroatoms. The van der Waals surface area contributed by atoms with Crippen molar-refractivity contribution in [2.24, 2.45) is 0 Å². The molecule has 3 aliphatic heterocycles. The Labute approximate surface area is 66.7 Å². The third kappa shape index (κ3) is 0.643. The fourth-order valence-corrected chi connectivity index (χ4v) is 2.94. The van der Waals surface area contributed by atoms with Crippen molar-refractivity contribution in [2.45, 2.75) is 30.7 Å². The molecule has 3 rings (SSSR count). The molecule has 0 amide bonds. The number of nitrogens with one attached hydrogen (secondary N) is 1. The first-order chi connectivity index (χ1) is 5.40. The Morgan fingerprint density at radius 1 is 1.45 bits per heavy atom. The molecule has 3 heterocycles. The smallest absolute Gasteiger partial charge is 0.0875 e.